The molecule has 4 aromatic rings. The second kappa shape index (κ2) is 5.05. The van der Waals surface area contributed by atoms with Gasteiger partial charge in [-0.2, -0.15) is 8.42 Å². The highest BCUT2D eigenvalue weighted by Crippen LogP contribution is 2.22. The number of rotatable bonds is 4. The van der Waals surface area contributed by atoms with Crippen molar-refractivity contribution in [3.8, 4) is 0 Å². The summed E-state index contributed by atoms with van der Waals surface area (Å²) >= 11 is 1.37. The predicted octanol–water partition coefficient (Wildman–Crippen LogP) is 1.53. The van der Waals surface area contributed by atoms with Crippen LogP contribution in [-0.2, 0) is 16.6 Å². The number of H-pyrrole nitrogens is 1. The molecule has 1 aromatic carbocycles. The van der Waals surface area contributed by atoms with Gasteiger partial charge in [-0.3, -0.25) is 9.12 Å². The fourth-order valence-electron chi connectivity index (χ4n) is 2.33. The predicted molar refractivity (Wildman–Crippen MR) is 87.9 cm³/mol. The lowest BCUT2D eigenvalue weighted by Gasteiger charge is -2.06. The molecule has 23 heavy (non-hydrogen) atoms. The number of hydrogen-bond acceptors (Lipinski definition) is 6. The quantitative estimate of drug-likeness (QED) is 0.517. The lowest BCUT2D eigenvalue weighted by atomic mass is 10.3. The minimum absolute atomic E-state index is 0.0982. The van der Waals surface area contributed by atoms with Crippen LogP contribution in [-0.4, -0.2) is 27.8 Å². The van der Waals surface area contributed by atoms with Crippen molar-refractivity contribution >= 4 is 43.0 Å². The number of anilines is 1. The molecule has 0 atom stereocenters. The average Bonchev–Trinajstić information content (AvgIpc) is 3.20. The van der Waals surface area contributed by atoms with Gasteiger partial charge in [0, 0.05) is 11.6 Å². The van der Waals surface area contributed by atoms with Crippen molar-refractivity contribution in [1.82, 2.24) is 19.4 Å². The zero-order valence-electron chi connectivity index (χ0n) is 11.7. The number of benzene rings is 1. The second-order valence-corrected chi connectivity index (χ2v) is 7.38. The van der Waals surface area contributed by atoms with Crippen molar-refractivity contribution in [3.63, 3.8) is 0 Å². The summed E-state index contributed by atoms with van der Waals surface area (Å²) in [7, 11) is -3.74. The highest BCUT2D eigenvalue weighted by atomic mass is 32.2. The summed E-state index contributed by atoms with van der Waals surface area (Å²) in [6.07, 6.45) is 3.02. The van der Waals surface area contributed by atoms with Crippen LogP contribution in [0.3, 0.4) is 0 Å². The molecular weight excluding hydrogens is 336 g/mol. The van der Waals surface area contributed by atoms with E-state index in [0.29, 0.717) is 23.0 Å². The molecule has 0 aliphatic rings. The Morgan fingerprint density at radius 2 is 2.26 bits per heavy atom. The Balaban J connectivity index is 1.72. The fourth-order valence-corrected chi connectivity index (χ4v) is 4.22. The van der Waals surface area contributed by atoms with E-state index >= 15 is 0 Å². The van der Waals surface area contributed by atoms with Gasteiger partial charge in [-0.1, -0.05) is 0 Å². The SMILES string of the molecule is NCc1nc2ccc(NS(=O)(=O)c3cnc4sccn34)cc2[nH]1. The number of aromatic nitrogens is 4. The highest BCUT2D eigenvalue weighted by molar-refractivity contribution is 7.92. The molecule has 0 aliphatic carbocycles. The number of fused-ring (bicyclic) bond motifs is 2. The molecule has 0 unspecified atom stereocenters. The summed E-state index contributed by atoms with van der Waals surface area (Å²) in [5, 5.41) is 1.88. The van der Waals surface area contributed by atoms with E-state index < -0.39 is 10.0 Å². The molecule has 0 aliphatic heterocycles. The fraction of sp³-hybridized carbons (Fsp3) is 0.0769. The standard InChI is InChI=1S/C13H12N6O2S2/c14-6-11-16-9-2-1-8(5-10(9)17-11)18-23(20,21)12-7-15-13-19(12)3-4-22-13/h1-5,7,18H,6,14H2,(H,16,17). The minimum atomic E-state index is -3.74. The first kappa shape index (κ1) is 14.2. The van der Waals surface area contributed by atoms with Crippen molar-refractivity contribution in [3.05, 3.63) is 41.8 Å². The van der Waals surface area contributed by atoms with Gasteiger partial charge < -0.3 is 10.7 Å². The van der Waals surface area contributed by atoms with Gasteiger partial charge in [0.15, 0.2) is 9.99 Å². The monoisotopic (exact) mass is 348 g/mol. The summed E-state index contributed by atoms with van der Waals surface area (Å²) in [5.41, 5.74) is 7.44. The Morgan fingerprint density at radius 3 is 3.09 bits per heavy atom. The molecule has 118 valence electrons. The Hall–Kier alpha value is -2.43. The molecule has 0 spiro atoms. The second-order valence-electron chi connectivity index (χ2n) is 4.88. The third-order valence-corrected chi connectivity index (χ3v) is 5.49. The van der Waals surface area contributed by atoms with Gasteiger partial charge in [-0.05, 0) is 18.2 Å². The van der Waals surface area contributed by atoms with Crippen LogP contribution >= 0.6 is 11.3 Å². The minimum Gasteiger partial charge on any atom is -0.341 e. The molecule has 4 N–H and O–H groups in total. The maximum atomic E-state index is 12.6. The lowest BCUT2D eigenvalue weighted by Crippen LogP contribution is -2.14. The third kappa shape index (κ3) is 2.36. The van der Waals surface area contributed by atoms with E-state index in [2.05, 4.69) is 19.7 Å². The molecule has 3 heterocycles. The number of imidazole rings is 2. The van der Waals surface area contributed by atoms with Gasteiger partial charge in [0.1, 0.15) is 5.82 Å². The first-order valence-corrected chi connectivity index (χ1v) is 9.05. The van der Waals surface area contributed by atoms with Gasteiger partial charge in [-0.15, -0.1) is 11.3 Å². The number of aromatic amines is 1. The first-order valence-electron chi connectivity index (χ1n) is 6.69. The van der Waals surface area contributed by atoms with Gasteiger partial charge in [0.25, 0.3) is 10.0 Å². The molecule has 4 rings (SSSR count). The Morgan fingerprint density at radius 1 is 1.39 bits per heavy atom. The van der Waals surface area contributed by atoms with Gasteiger partial charge >= 0.3 is 0 Å². The van der Waals surface area contributed by atoms with Crippen LogP contribution in [0, 0.1) is 0 Å². The number of thiazole rings is 1. The van der Waals surface area contributed by atoms with Crippen LogP contribution in [0.15, 0.2) is 41.0 Å². The molecule has 0 saturated carbocycles. The number of nitrogens with two attached hydrogens (primary N) is 1. The van der Waals surface area contributed by atoms with Gasteiger partial charge in [-0.25, -0.2) is 9.97 Å². The van der Waals surface area contributed by atoms with Crippen molar-refractivity contribution in [1.29, 1.82) is 0 Å². The van der Waals surface area contributed by atoms with Crippen molar-refractivity contribution < 1.29 is 8.42 Å². The average molecular weight is 348 g/mol. The maximum absolute atomic E-state index is 12.6. The zero-order valence-corrected chi connectivity index (χ0v) is 13.4. The molecule has 0 amide bonds. The smallest absolute Gasteiger partial charge is 0.279 e. The molecule has 0 bridgehead atoms. The van der Waals surface area contributed by atoms with E-state index in [9.17, 15) is 8.42 Å². The summed E-state index contributed by atoms with van der Waals surface area (Å²) in [5.74, 6) is 0.649. The third-order valence-electron chi connectivity index (χ3n) is 3.36. The molecule has 0 radical (unpaired) electrons. The van der Waals surface area contributed by atoms with Crippen LogP contribution in [0.4, 0.5) is 5.69 Å². The van der Waals surface area contributed by atoms with E-state index in [0.717, 1.165) is 11.0 Å². The number of hydrogen-bond donors (Lipinski definition) is 3. The highest BCUT2D eigenvalue weighted by Gasteiger charge is 2.20. The van der Waals surface area contributed by atoms with Crippen molar-refractivity contribution in [2.45, 2.75) is 11.6 Å². The summed E-state index contributed by atoms with van der Waals surface area (Å²) in [6.45, 7) is 0.293. The Labute approximate surface area is 135 Å². The lowest BCUT2D eigenvalue weighted by molar-refractivity contribution is 0.596. The van der Waals surface area contributed by atoms with Crippen molar-refractivity contribution in [2.24, 2.45) is 5.73 Å². The zero-order chi connectivity index (χ0) is 16.0. The first-order chi connectivity index (χ1) is 11.1. The topological polar surface area (TPSA) is 118 Å². The number of sulfonamides is 1. The number of nitrogens with one attached hydrogen (secondary N) is 2. The van der Waals surface area contributed by atoms with E-state index in [4.69, 9.17) is 5.73 Å². The van der Waals surface area contributed by atoms with E-state index in [1.807, 2.05) is 0 Å². The van der Waals surface area contributed by atoms with Crippen LogP contribution in [0.1, 0.15) is 5.82 Å². The molecule has 8 nitrogen and oxygen atoms in total. The molecule has 0 saturated heterocycles. The van der Waals surface area contributed by atoms with E-state index in [1.54, 1.807) is 29.8 Å². The molecule has 0 fully saturated rings. The molecule has 10 heteroatoms. The van der Waals surface area contributed by atoms with E-state index in [-0.39, 0.29) is 5.03 Å². The number of nitrogens with zero attached hydrogens (tertiary/aromatic N) is 3. The van der Waals surface area contributed by atoms with Crippen molar-refractivity contribution in [2.75, 3.05) is 4.72 Å². The normalized spacial score (nSPS) is 12.2. The largest absolute Gasteiger partial charge is 0.341 e. The van der Waals surface area contributed by atoms with Crippen LogP contribution in [0.2, 0.25) is 0 Å². The van der Waals surface area contributed by atoms with Crippen LogP contribution in [0.25, 0.3) is 16.0 Å². The summed E-state index contributed by atoms with van der Waals surface area (Å²) in [6, 6.07) is 5.08. The van der Waals surface area contributed by atoms with Gasteiger partial charge in [0.05, 0.1) is 29.5 Å². The van der Waals surface area contributed by atoms with Crippen LogP contribution < -0.4 is 10.5 Å². The maximum Gasteiger partial charge on any atom is 0.279 e. The molecule has 3 aromatic heterocycles. The van der Waals surface area contributed by atoms with Crippen LogP contribution in [0.5, 0.6) is 0 Å². The summed E-state index contributed by atoms with van der Waals surface area (Å²) in [4.78, 5) is 12.0. The Bertz CT molecular complexity index is 1110. The molecular formula is C13H12N6O2S2. The van der Waals surface area contributed by atoms with E-state index in [1.165, 1.54) is 21.9 Å². The summed E-state index contributed by atoms with van der Waals surface area (Å²) < 4.78 is 29.2. The van der Waals surface area contributed by atoms with Gasteiger partial charge in [0.2, 0.25) is 0 Å². The Kier molecular flexibility index (Phi) is 3.11.